The van der Waals surface area contributed by atoms with E-state index in [1.807, 2.05) is 32.0 Å². The summed E-state index contributed by atoms with van der Waals surface area (Å²) in [6.45, 7) is 4.32. The number of halogens is 1. The van der Waals surface area contributed by atoms with E-state index in [4.69, 9.17) is 5.73 Å². The second kappa shape index (κ2) is 5.57. The van der Waals surface area contributed by atoms with Crippen LogP contribution in [0.4, 0.5) is 11.4 Å². The van der Waals surface area contributed by atoms with Crippen molar-refractivity contribution in [3.8, 4) is 0 Å². The van der Waals surface area contributed by atoms with Gasteiger partial charge in [-0.3, -0.25) is 4.79 Å². The average molecular weight is 347 g/mol. The number of carbonyl (C=O) groups is 1. The zero-order chi connectivity index (χ0) is 13.1. The van der Waals surface area contributed by atoms with Crippen LogP contribution < -0.4 is 16.4 Å². The first-order valence-corrected chi connectivity index (χ1v) is 6.46. The molecular formula is C12H18IN3O. The van der Waals surface area contributed by atoms with Gasteiger partial charge in [-0.15, -0.1) is 0 Å². The minimum Gasteiger partial charge on any atom is -0.397 e. The maximum absolute atomic E-state index is 11.6. The lowest BCUT2D eigenvalue weighted by Gasteiger charge is -2.24. The van der Waals surface area contributed by atoms with Crippen LogP contribution in [0.5, 0.6) is 0 Å². The molecule has 0 unspecified atom stereocenters. The van der Waals surface area contributed by atoms with Gasteiger partial charge >= 0.3 is 0 Å². The standard InChI is InChI=1S/C12H18IN3O/c1-12(2,11(17)15-3)7-16-10-5-4-8(13)6-9(10)14/h4-6,16H,7,14H2,1-3H3,(H,15,17). The lowest BCUT2D eigenvalue weighted by atomic mass is 9.92. The van der Waals surface area contributed by atoms with Gasteiger partial charge in [-0.25, -0.2) is 0 Å². The molecule has 0 bridgehead atoms. The molecule has 0 aliphatic rings. The van der Waals surface area contributed by atoms with Gasteiger partial charge in [0.15, 0.2) is 0 Å². The summed E-state index contributed by atoms with van der Waals surface area (Å²) in [4.78, 5) is 11.6. The average Bonchev–Trinajstić information content (AvgIpc) is 2.26. The number of nitrogens with one attached hydrogen (secondary N) is 2. The fourth-order valence-electron chi connectivity index (χ4n) is 1.43. The van der Waals surface area contributed by atoms with E-state index >= 15 is 0 Å². The summed E-state index contributed by atoms with van der Waals surface area (Å²) in [6, 6.07) is 5.80. The summed E-state index contributed by atoms with van der Waals surface area (Å²) in [6.07, 6.45) is 0. The quantitative estimate of drug-likeness (QED) is 0.577. The molecule has 0 atom stereocenters. The summed E-state index contributed by atoms with van der Waals surface area (Å²) in [5.74, 6) is 0.00841. The monoisotopic (exact) mass is 347 g/mol. The van der Waals surface area contributed by atoms with Crippen molar-refractivity contribution in [2.45, 2.75) is 13.8 Å². The van der Waals surface area contributed by atoms with Crippen molar-refractivity contribution < 1.29 is 4.79 Å². The summed E-state index contributed by atoms with van der Waals surface area (Å²) in [5, 5.41) is 5.86. The number of carbonyl (C=O) groups excluding carboxylic acids is 1. The predicted molar refractivity (Wildman–Crippen MR) is 79.9 cm³/mol. The van der Waals surface area contributed by atoms with Crippen LogP contribution in [0.25, 0.3) is 0 Å². The molecule has 5 heteroatoms. The van der Waals surface area contributed by atoms with Crippen LogP contribution in [-0.2, 0) is 4.79 Å². The third-order valence-electron chi connectivity index (χ3n) is 2.58. The SMILES string of the molecule is CNC(=O)C(C)(C)CNc1ccc(I)cc1N. The van der Waals surface area contributed by atoms with Crippen LogP contribution in [0.2, 0.25) is 0 Å². The van der Waals surface area contributed by atoms with Crippen LogP contribution >= 0.6 is 22.6 Å². The second-order valence-corrected chi connectivity index (χ2v) is 5.79. The number of nitrogen functional groups attached to an aromatic ring is 1. The van der Waals surface area contributed by atoms with Gasteiger partial charge < -0.3 is 16.4 Å². The molecule has 1 rings (SSSR count). The van der Waals surface area contributed by atoms with Crippen LogP contribution in [-0.4, -0.2) is 19.5 Å². The zero-order valence-corrected chi connectivity index (χ0v) is 12.5. The van der Waals surface area contributed by atoms with Gasteiger partial charge in [0.1, 0.15) is 0 Å². The highest BCUT2D eigenvalue weighted by molar-refractivity contribution is 14.1. The number of rotatable bonds is 4. The van der Waals surface area contributed by atoms with Gasteiger partial charge in [0.2, 0.25) is 5.91 Å². The van der Waals surface area contributed by atoms with E-state index in [0.29, 0.717) is 12.2 Å². The third kappa shape index (κ3) is 3.76. The molecule has 17 heavy (non-hydrogen) atoms. The summed E-state index contributed by atoms with van der Waals surface area (Å²) in [7, 11) is 1.64. The van der Waals surface area contributed by atoms with Gasteiger partial charge in [-0.2, -0.15) is 0 Å². The van der Waals surface area contributed by atoms with Crippen LogP contribution in [0.15, 0.2) is 18.2 Å². The summed E-state index contributed by atoms with van der Waals surface area (Å²) >= 11 is 2.21. The highest BCUT2D eigenvalue weighted by atomic mass is 127. The molecule has 0 aromatic heterocycles. The largest absolute Gasteiger partial charge is 0.397 e. The summed E-state index contributed by atoms with van der Waals surface area (Å²) in [5.41, 5.74) is 6.99. The van der Waals surface area contributed by atoms with Crippen molar-refractivity contribution in [2.24, 2.45) is 5.41 Å². The number of hydrogen-bond acceptors (Lipinski definition) is 3. The van der Waals surface area contributed by atoms with E-state index in [0.717, 1.165) is 9.26 Å². The smallest absolute Gasteiger partial charge is 0.227 e. The van der Waals surface area contributed by atoms with Gasteiger partial charge in [-0.1, -0.05) is 0 Å². The maximum Gasteiger partial charge on any atom is 0.227 e. The molecule has 0 spiro atoms. The van der Waals surface area contributed by atoms with E-state index in [1.54, 1.807) is 7.05 Å². The third-order valence-corrected chi connectivity index (χ3v) is 3.25. The molecule has 4 N–H and O–H groups in total. The maximum atomic E-state index is 11.6. The minimum atomic E-state index is -0.468. The molecule has 1 amide bonds. The van der Waals surface area contributed by atoms with Crippen molar-refractivity contribution in [3.05, 3.63) is 21.8 Å². The van der Waals surface area contributed by atoms with E-state index in [-0.39, 0.29) is 5.91 Å². The number of anilines is 2. The van der Waals surface area contributed by atoms with Gasteiger partial charge in [0.05, 0.1) is 16.8 Å². The van der Waals surface area contributed by atoms with Gasteiger partial charge in [0.25, 0.3) is 0 Å². The number of benzene rings is 1. The molecular weight excluding hydrogens is 329 g/mol. The highest BCUT2D eigenvalue weighted by Gasteiger charge is 2.26. The molecule has 0 saturated carbocycles. The Labute approximate surface area is 115 Å². The van der Waals surface area contributed by atoms with E-state index in [9.17, 15) is 4.79 Å². The van der Waals surface area contributed by atoms with Crippen molar-refractivity contribution in [2.75, 3.05) is 24.6 Å². The Hall–Kier alpha value is -0.980. The first-order valence-electron chi connectivity index (χ1n) is 5.38. The fraction of sp³-hybridized carbons (Fsp3) is 0.417. The Balaban J connectivity index is 2.70. The first kappa shape index (κ1) is 14.1. The normalized spacial score (nSPS) is 11.1. The van der Waals surface area contributed by atoms with E-state index in [1.165, 1.54) is 0 Å². The van der Waals surface area contributed by atoms with E-state index in [2.05, 4.69) is 33.2 Å². The second-order valence-electron chi connectivity index (χ2n) is 4.55. The molecule has 0 saturated heterocycles. The summed E-state index contributed by atoms with van der Waals surface area (Å²) < 4.78 is 1.09. The molecule has 0 aliphatic heterocycles. The number of nitrogens with two attached hydrogens (primary N) is 1. The van der Waals surface area contributed by atoms with Crippen molar-refractivity contribution in [1.82, 2.24) is 5.32 Å². The lowest BCUT2D eigenvalue weighted by Crippen LogP contribution is -2.39. The van der Waals surface area contributed by atoms with Crippen LogP contribution in [0, 0.1) is 8.99 Å². The molecule has 1 aromatic rings. The number of hydrogen-bond donors (Lipinski definition) is 3. The van der Waals surface area contributed by atoms with Crippen LogP contribution in [0.3, 0.4) is 0 Å². The molecule has 0 fully saturated rings. The fourth-order valence-corrected chi connectivity index (χ4v) is 1.94. The molecule has 0 radical (unpaired) electrons. The Bertz CT molecular complexity index is 418. The highest BCUT2D eigenvalue weighted by Crippen LogP contribution is 2.23. The Morgan fingerprint density at radius 3 is 2.65 bits per heavy atom. The minimum absolute atomic E-state index is 0.00841. The lowest BCUT2D eigenvalue weighted by molar-refractivity contribution is -0.128. The topological polar surface area (TPSA) is 67.2 Å². The van der Waals surface area contributed by atoms with Gasteiger partial charge in [-0.05, 0) is 54.6 Å². The number of amides is 1. The first-order chi connectivity index (χ1) is 7.86. The Morgan fingerprint density at radius 2 is 2.12 bits per heavy atom. The van der Waals surface area contributed by atoms with Crippen molar-refractivity contribution in [3.63, 3.8) is 0 Å². The van der Waals surface area contributed by atoms with E-state index < -0.39 is 5.41 Å². The molecule has 4 nitrogen and oxygen atoms in total. The zero-order valence-electron chi connectivity index (χ0n) is 10.3. The Morgan fingerprint density at radius 1 is 1.47 bits per heavy atom. The van der Waals surface area contributed by atoms with Crippen LogP contribution in [0.1, 0.15) is 13.8 Å². The Kier molecular flexibility index (Phi) is 4.62. The predicted octanol–water partition coefficient (Wildman–Crippen LogP) is 2.06. The molecule has 0 heterocycles. The molecule has 0 aliphatic carbocycles. The van der Waals surface area contributed by atoms with Crippen molar-refractivity contribution >= 4 is 39.9 Å². The molecule has 1 aromatic carbocycles. The molecule has 94 valence electrons. The van der Waals surface area contributed by atoms with Crippen molar-refractivity contribution in [1.29, 1.82) is 0 Å². The van der Waals surface area contributed by atoms with Gasteiger partial charge in [0, 0.05) is 17.2 Å².